The number of hydrogen-bond acceptors (Lipinski definition) is 3. The van der Waals surface area contributed by atoms with Crippen LogP contribution in [0.3, 0.4) is 0 Å². The Balaban J connectivity index is 1.58. The Kier molecular flexibility index (Phi) is 4.02. The Labute approximate surface area is 168 Å². The number of aromatic hydroxyl groups is 1. The molecule has 29 heavy (non-hydrogen) atoms. The number of phenolic OH excluding ortho intramolecular Hbond substituents is 1. The fourth-order valence-corrected chi connectivity index (χ4v) is 3.81. The molecule has 0 saturated carbocycles. The number of aromatic nitrogens is 3. The first kappa shape index (κ1) is 17.4. The minimum absolute atomic E-state index is 0.257. The molecule has 0 amide bonds. The van der Waals surface area contributed by atoms with Crippen molar-refractivity contribution >= 4 is 21.8 Å². The zero-order chi connectivity index (χ0) is 20.0. The van der Waals surface area contributed by atoms with Gasteiger partial charge in [0.15, 0.2) is 0 Å². The molecular weight excluding hydrogens is 362 g/mol. The summed E-state index contributed by atoms with van der Waals surface area (Å²) < 4.78 is 9.98. The summed E-state index contributed by atoms with van der Waals surface area (Å²) in [5, 5.41) is 16.7. The van der Waals surface area contributed by atoms with Crippen molar-refractivity contribution in [3.05, 3.63) is 78.4 Å². The second kappa shape index (κ2) is 6.71. The number of nitrogens with zero attached hydrogens (tertiary/aromatic N) is 3. The Morgan fingerprint density at radius 2 is 1.72 bits per heavy atom. The first-order chi connectivity index (χ1) is 14.1. The van der Waals surface area contributed by atoms with E-state index in [1.165, 1.54) is 0 Å². The van der Waals surface area contributed by atoms with E-state index in [-0.39, 0.29) is 5.75 Å². The molecule has 0 aliphatic heterocycles. The van der Waals surface area contributed by atoms with Crippen molar-refractivity contribution in [3.63, 3.8) is 0 Å². The number of fused-ring (bicyclic) bond motifs is 2. The van der Waals surface area contributed by atoms with Crippen LogP contribution in [0.25, 0.3) is 33.2 Å². The van der Waals surface area contributed by atoms with Gasteiger partial charge in [-0.25, -0.2) is 0 Å². The highest BCUT2D eigenvalue weighted by Crippen LogP contribution is 2.34. The summed E-state index contributed by atoms with van der Waals surface area (Å²) in [5.74, 6) is 1.07. The molecule has 3 aromatic carbocycles. The molecule has 1 N–H and O–H groups in total. The molecular formula is C24H21N3O2. The molecule has 0 bridgehead atoms. The highest BCUT2D eigenvalue weighted by Gasteiger charge is 2.16. The number of phenols is 1. The Morgan fingerprint density at radius 3 is 2.55 bits per heavy atom. The lowest BCUT2D eigenvalue weighted by atomic mass is 10.1. The summed E-state index contributed by atoms with van der Waals surface area (Å²) in [6, 6.07) is 23.7. The van der Waals surface area contributed by atoms with Gasteiger partial charge in [-0.3, -0.25) is 4.68 Å². The van der Waals surface area contributed by atoms with Crippen LogP contribution in [0.15, 0.2) is 72.8 Å². The van der Waals surface area contributed by atoms with Crippen LogP contribution in [0, 0.1) is 0 Å². The number of rotatable bonds is 4. The van der Waals surface area contributed by atoms with Crippen LogP contribution in [-0.4, -0.2) is 19.5 Å². The molecule has 0 aliphatic carbocycles. The lowest BCUT2D eigenvalue weighted by Crippen LogP contribution is -1.95. The van der Waals surface area contributed by atoms with E-state index in [0.29, 0.717) is 6.61 Å². The number of benzene rings is 3. The van der Waals surface area contributed by atoms with Gasteiger partial charge in [-0.2, -0.15) is 5.10 Å². The van der Waals surface area contributed by atoms with Gasteiger partial charge in [-0.05, 0) is 42.0 Å². The highest BCUT2D eigenvalue weighted by molar-refractivity contribution is 5.97. The van der Waals surface area contributed by atoms with Crippen LogP contribution in [-0.2, 0) is 20.7 Å². The summed E-state index contributed by atoms with van der Waals surface area (Å²) in [6.07, 6.45) is 0. The average molecular weight is 383 g/mol. The lowest BCUT2D eigenvalue weighted by molar-refractivity contribution is 0.306. The van der Waals surface area contributed by atoms with E-state index >= 15 is 0 Å². The second-order valence-electron chi connectivity index (χ2n) is 7.26. The van der Waals surface area contributed by atoms with Crippen molar-refractivity contribution in [3.8, 4) is 22.9 Å². The van der Waals surface area contributed by atoms with Crippen LogP contribution in [0.5, 0.6) is 11.5 Å². The van der Waals surface area contributed by atoms with Gasteiger partial charge in [0.2, 0.25) is 0 Å². The number of hydrogen-bond donors (Lipinski definition) is 1. The van der Waals surface area contributed by atoms with Gasteiger partial charge < -0.3 is 14.4 Å². The van der Waals surface area contributed by atoms with E-state index in [4.69, 9.17) is 9.84 Å². The van der Waals surface area contributed by atoms with E-state index in [1.54, 1.807) is 12.1 Å². The van der Waals surface area contributed by atoms with E-state index in [1.807, 2.05) is 55.2 Å². The summed E-state index contributed by atoms with van der Waals surface area (Å²) in [5.41, 5.74) is 5.03. The van der Waals surface area contributed by atoms with E-state index < -0.39 is 0 Å². The standard InChI is InChI=1S/C24H21N3O2/c1-26-22-13-18(28)9-8-17(22)12-23(26)24-20-14-19(10-11-21(20)27(2)25-24)29-15-16-6-4-3-5-7-16/h3-14,28H,15H2,1-2H3. The third-order valence-corrected chi connectivity index (χ3v) is 5.34. The lowest BCUT2D eigenvalue weighted by Gasteiger charge is -2.07. The molecule has 5 nitrogen and oxygen atoms in total. The van der Waals surface area contributed by atoms with Gasteiger partial charge in [0, 0.05) is 30.9 Å². The zero-order valence-corrected chi connectivity index (χ0v) is 16.3. The molecule has 0 radical (unpaired) electrons. The highest BCUT2D eigenvalue weighted by atomic mass is 16.5. The zero-order valence-electron chi connectivity index (χ0n) is 16.3. The summed E-state index contributed by atoms with van der Waals surface area (Å²) in [4.78, 5) is 0. The van der Waals surface area contributed by atoms with Crippen LogP contribution in [0.4, 0.5) is 0 Å². The smallest absolute Gasteiger partial charge is 0.120 e. The van der Waals surface area contributed by atoms with Crippen LogP contribution >= 0.6 is 0 Å². The van der Waals surface area contributed by atoms with Crippen molar-refractivity contribution in [2.24, 2.45) is 14.1 Å². The predicted molar refractivity (Wildman–Crippen MR) is 115 cm³/mol. The number of aryl methyl sites for hydroxylation is 2. The third-order valence-electron chi connectivity index (χ3n) is 5.34. The second-order valence-corrected chi connectivity index (χ2v) is 7.26. The SMILES string of the molecule is Cn1nc(-c2cc3ccc(O)cc3n2C)c2cc(OCc3ccccc3)ccc21. The summed E-state index contributed by atoms with van der Waals surface area (Å²) in [7, 11) is 3.94. The molecule has 2 aromatic heterocycles. The molecule has 0 fully saturated rings. The van der Waals surface area contributed by atoms with Gasteiger partial charge in [0.1, 0.15) is 23.8 Å². The van der Waals surface area contributed by atoms with Crippen molar-refractivity contribution in [1.29, 1.82) is 0 Å². The molecule has 0 saturated heterocycles. The fourth-order valence-electron chi connectivity index (χ4n) is 3.81. The van der Waals surface area contributed by atoms with Crippen LogP contribution in [0.1, 0.15) is 5.56 Å². The fraction of sp³-hybridized carbons (Fsp3) is 0.125. The Morgan fingerprint density at radius 1 is 0.897 bits per heavy atom. The van der Waals surface area contributed by atoms with Crippen molar-refractivity contribution < 1.29 is 9.84 Å². The summed E-state index contributed by atoms with van der Waals surface area (Å²) in [6.45, 7) is 0.523. The van der Waals surface area contributed by atoms with Gasteiger partial charge in [-0.1, -0.05) is 30.3 Å². The minimum Gasteiger partial charge on any atom is -0.508 e. The average Bonchev–Trinajstić information content (AvgIpc) is 3.24. The van der Waals surface area contributed by atoms with Gasteiger partial charge >= 0.3 is 0 Å². The van der Waals surface area contributed by atoms with Crippen LogP contribution < -0.4 is 4.74 Å². The molecule has 0 aliphatic rings. The largest absolute Gasteiger partial charge is 0.508 e. The van der Waals surface area contributed by atoms with E-state index in [9.17, 15) is 5.11 Å². The first-order valence-electron chi connectivity index (χ1n) is 9.52. The van der Waals surface area contributed by atoms with E-state index in [0.717, 1.165) is 44.5 Å². The molecule has 144 valence electrons. The minimum atomic E-state index is 0.257. The van der Waals surface area contributed by atoms with Gasteiger partial charge in [0.05, 0.1) is 16.7 Å². The van der Waals surface area contributed by atoms with Gasteiger partial charge in [0.25, 0.3) is 0 Å². The quantitative estimate of drug-likeness (QED) is 0.474. The van der Waals surface area contributed by atoms with Crippen molar-refractivity contribution in [1.82, 2.24) is 14.3 Å². The van der Waals surface area contributed by atoms with Gasteiger partial charge in [-0.15, -0.1) is 0 Å². The van der Waals surface area contributed by atoms with Crippen molar-refractivity contribution in [2.75, 3.05) is 0 Å². The number of ether oxygens (including phenoxy) is 1. The Hall–Kier alpha value is -3.73. The third kappa shape index (κ3) is 3.01. The molecule has 2 heterocycles. The normalized spacial score (nSPS) is 11.4. The first-order valence-corrected chi connectivity index (χ1v) is 9.52. The molecule has 5 heteroatoms. The molecule has 0 atom stereocenters. The molecule has 0 spiro atoms. The predicted octanol–water partition coefficient (Wildman–Crippen LogP) is 5.02. The Bertz CT molecular complexity index is 1330. The molecule has 5 aromatic rings. The monoisotopic (exact) mass is 383 g/mol. The molecule has 0 unspecified atom stereocenters. The van der Waals surface area contributed by atoms with Crippen LogP contribution in [0.2, 0.25) is 0 Å². The maximum Gasteiger partial charge on any atom is 0.120 e. The summed E-state index contributed by atoms with van der Waals surface area (Å²) >= 11 is 0. The van der Waals surface area contributed by atoms with Crippen molar-refractivity contribution in [2.45, 2.75) is 6.61 Å². The maximum atomic E-state index is 9.85. The molecule has 5 rings (SSSR count). The van der Waals surface area contributed by atoms with E-state index in [2.05, 4.69) is 28.8 Å². The maximum absolute atomic E-state index is 9.85. The topological polar surface area (TPSA) is 52.2 Å².